The maximum Gasteiger partial charge on any atom is 0.144 e. The summed E-state index contributed by atoms with van der Waals surface area (Å²) in [6, 6.07) is 18.2. The fraction of sp³-hybridized carbons (Fsp3) is 0.296. The molecule has 0 amide bonds. The molecule has 34 heavy (non-hydrogen) atoms. The molecule has 1 aliphatic rings. The third kappa shape index (κ3) is 3.88. The Morgan fingerprint density at radius 3 is 2.50 bits per heavy atom. The van der Waals surface area contributed by atoms with Gasteiger partial charge in [0, 0.05) is 29.3 Å². The van der Waals surface area contributed by atoms with Crippen LogP contribution in [0.1, 0.15) is 48.1 Å². The van der Waals surface area contributed by atoms with E-state index >= 15 is 0 Å². The molecule has 0 unspecified atom stereocenters. The molecule has 1 aliphatic carbocycles. The molecule has 2 aromatic heterocycles. The molecule has 0 spiro atoms. The van der Waals surface area contributed by atoms with Gasteiger partial charge in [0.05, 0.1) is 42.2 Å². The topological polar surface area (TPSA) is 68.7 Å². The van der Waals surface area contributed by atoms with Gasteiger partial charge in [0.25, 0.3) is 0 Å². The van der Waals surface area contributed by atoms with Crippen LogP contribution in [0, 0.1) is 11.3 Å². The van der Waals surface area contributed by atoms with Crippen molar-refractivity contribution in [3.05, 3.63) is 83.1 Å². The number of nitriles is 1. The summed E-state index contributed by atoms with van der Waals surface area (Å²) in [4.78, 5) is 4.67. The van der Waals surface area contributed by atoms with Gasteiger partial charge < -0.3 is 9.30 Å². The number of aryl methyl sites for hydroxylation is 1. The van der Waals surface area contributed by atoms with Gasteiger partial charge in [-0.15, -0.1) is 0 Å². The van der Waals surface area contributed by atoms with Gasteiger partial charge >= 0.3 is 0 Å². The van der Waals surface area contributed by atoms with Gasteiger partial charge in [-0.2, -0.15) is 23.9 Å². The van der Waals surface area contributed by atoms with Crippen LogP contribution in [0.3, 0.4) is 0 Å². The van der Waals surface area contributed by atoms with Gasteiger partial charge in [0.2, 0.25) is 0 Å². The van der Waals surface area contributed by atoms with Crippen molar-refractivity contribution >= 4 is 13.5 Å². The van der Waals surface area contributed by atoms with Crippen LogP contribution in [0.25, 0.3) is 16.9 Å². The molecule has 7 heteroatoms. The quantitative estimate of drug-likeness (QED) is 0.388. The molecule has 0 bridgehead atoms. The molecular weight excluding hydrogens is 442 g/mol. The van der Waals surface area contributed by atoms with Crippen molar-refractivity contribution < 1.29 is 4.74 Å². The maximum atomic E-state index is 9.25. The van der Waals surface area contributed by atoms with Crippen molar-refractivity contribution in [2.45, 2.75) is 45.6 Å². The van der Waals surface area contributed by atoms with E-state index in [0.29, 0.717) is 11.6 Å². The second kappa shape index (κ2) is 9.78. The van der Waals surface area contributed by atoms with E-state index < -0.39 is 0 Å². The van der Waals surface area contributed by atoms with Gasteiger partial charge in [-0.3, -0.25) is 0 Å². The first kappa shape index (κ1) is 23.7. The Bertz CT molecular complexity index is 1350. The van der Waals surface area contributed by atoms with Gasteiger partial charge in [0.1, 0.15) is 11.4 Å². The van der Waals surface area contributed by atoms with Crippen LogP contribution in [0.5, 0.6) is 5.75 Å². The molecule has 0 fully saturated rings. The Morgan fingerprint density at radius 2 is 1.82 bits per heavy atom. The second-order valence-corrected chi connectivity index (χ2v) is 8.36. The van der Waals surface area contributed by atoms with E-state index in [1.165, 1.54) is 17.0 Å². The third-order valence-corrected chi connectivity index (χ3v) is 6.58. The molecule has 6 nitrogen and oxygen atoms in total. The zero-order valence-electron chi connectivity index (χ0n) is 19.7. The Kier molecular flexibility index (Phi) is 6.80. The summed E-state index contributed by atoms with van der Waals surface area (Å²) in [5, 5.41) is 14.3. The average Bonchev–Trinajstić information content (AvgIpc) is 3.55. The number of hydrogen-bond donors (Lipinski definition) is 0. The molecule has 2 heterocycles. The zero-order chi connectivity index (χ0) is 22.9. The first-order valence-corrected chi connectivity index (χ1v) is 11.5. The predicted molar refractivity (Wildman–Crippen MR) is 138 cm³/mol. The number of imidazole rings is 1. The highest BCUT2D eigenvalue weighted by atomic mass is 32.1. The lowest BCUT2D eigenvalue weighted by molar-refractivity contribution is 0.411. The second-order valence-electron chi connectivity index (χ2n) is 8.36. The van der Waals surface area contributed by atoms with Crippen LogP contribution in [-0.2, 0) is 25.7 Å². The first-order valence-electron chi connectivity index (χ1n) is 11.5. The number of nitrogens with zero attached hydrogens (tertiary/aromatic N) is 5. The van der Waals surface area contributed by atoms with Crippen LogP contribution < -0.4 is 4.74 Å². The molecule has 0 saturated heterocycles. The van der Waals surface area contributed by atoms with Gasteiger partial charge in [-0.1, -0.05) is 38.1 Å². The van der Waals surface area contributed by atoms with Crippen LogP contribution in [-0.4, -0.2) is 26.4 Å². The molecule has 0 N–H and O–H groups in total. The van der Waals surface area contributed by atoms with E-state index in [1.807, 2.05) is 59.5 Å². The minimum absolute atomic E-state index is 0. The van der Waals surface area contributed by atoms with E-state index in [4.69, 9.17) is 9.84 Å². The summed E-state index contributed by atoms with van der Waals surface area (Å²) < 4.78 is 10.0. The number of ether oxygens (including phenoxy) is 1. The van der Waals surface area contributed by atoms with Gasteiger partial charge in [0.15, 0.2) is 0 Å². The minimum Gasteiger partial charge on any atom is -0.494 e. The van der Waals surface area contributed by atoms with E-state index in [9.17, 15) is 5.26 Å². The zero-order valence-corrected chi connectivity index (χ0v) is 20.7. The number of para-hydroxylation sites is 2. The average molecular weight is 472 g/mol. The summed E-state index contributed by atoms with van der Waals surface area (Å²) in [6.07, 6.45) is 5.69. The van der Waals surface area contributed by atoms with Crippen molar-refractivity contribution in [1.29, 1.82) is 5.26 Å². The highest BCUT2D eigenvalue weighted by Crippen LogP contribution is 2.40. The molecule has 0 aliphatic heterocycles. The largest absolute Gasteiger partial charge is 0.494 e. The number of rotatable bonds is 6. The van der Waals surface area contributed by atoms with Crippen molar-refractivity contribution in [1.82, 2.24) is 19.3 Å². The summed E-state index contributed by atoms with van der Waals surface area (Å²) in [6.45, 7) is 4.36. The molecule has 5 rings (SSSR count). The first-order chi connectivity index (χ1) is 16.2. The van der Waals surface area contributed by atoms with Crippen LogP contribution in [0.2, 0.25) is 0 Å². The van der Waals surface area contributed by atoms with Crippen molar-refractivity contribution in [2.24, 2.45) is 0 Å². The van der Waals surface area contributed by atoms with E-state index in [0.717, 1.165) is 54.1 Å². The maximum absolute atomic E-state index is 9.25. The number of aromatic nitrogens is 4. The van der Waals surface area contributed by atoms with Crippen molar-refractivity contribution in [3.63, 3.8) is 0 Å². The molecule has 2 aromatic carbocycles. The fourth-order valence-electron chi connectivity index (χ4n) is 5.00. The van der Waals surface area contributed by atoms with Crippen molar-refractivity contribution in [2.75, 3.05) is 7.11 Å². The Labute approximate surface area is 207 Å². The summed E-state index contributed by atoms with van der Waals surface area (Å²) >= 11 is 0. The highest BCUT2D eigenvalue weighted by Gasteiger charge is 2.32. The van der Waals surface area contributed by atoms with Gasteiger partial charge in [-0.25, -0.2) is 9.67 Å². The Hall–Kier alpha value is -3.50. The Balaban J connectivity index is 0.00000274. The highest BCUT2D eigenvalue weighted by molar-refractivity contribution is 7.59. The van der Waals surface area contributed by atoms with Crippen molar-refractivity contribution in [3.8, 4) is 28.8 Å². The van der Waals surface area contributed by atoms with Crippen LogP contribution in [0.15, 0.2) is 54.9 Å². The monoisotopic (exact) mass is 471 g/mol. The smallest absolute Gasteiger partial charge is 0.144 e. The predicted octanol–water partition coefficient (Wildman–Crippen LogP) is 5.19. The molecular formula is C27H29N5OS. The van der Waals surface area contributed by atoms with E-state index in [1.54, 1.807) is 7.11 Å². The standard InChI is InChI=1S/C27H27N5O.H2S/c1-4-22-24(5-2)31(17-29-22)20-14-21-23(15-20)30-32(25-8-6-7-9-26(25)33-3)27(21)19-12-10-18(16-28)11-13-19;/h6-13,17,20H,4-5,14-15H2,1-3H3;1H2/t20-;/m0./s1. The molecule has 0 saturated carbocycles. The van der Waals surface area contributed by atoms with Crippen LogP contribution >= 0.6 is 13.5 Å². The lowest BCUT2D eigenvalue weighted by Crippen LogP contribution is -2.13. The normalized spacial score (nSPS) is 14.4. The molecule has 0 radical (unpaired) electrons. The van der Waals surface area contributed by atoms with E-state index in [-0.39, 0.29) is 13.5 Å². The number of fused-ring (bicyclic) bond motifs is 1. The third-order valence-electron chi connectivity index (χ3n) is 6.58. The fourth-order valence-corrected chi connectivity index (χ4v) is 5.00. The molecule has 4 aromatic rings. The SMILES string of the molecule is CCc1ncn([C@@H]2Cc3nn(-c4ccccc4OC)c(-c4ccc(C#N)cc4)c3C2)c1CC.S. The summed E-state index contributed by atoms with van der Waals surface area (Å²) in [7, 11) is 1.68. The molecule has 1 atom stereocenters. The van der Waals surface area contributed by atoms with E-state index in [2.05, 4.69) is 29.5 Å². The lowest BCUT2D eigenvalue weighted by Gasteiger charge is -2.18. The number of benzene rings is 2. The minimum atomic E-state index is 0. The Morgan fingerprint density at radius 1 is 1.06 bits per heavy atom. The summed E-state index contributed by atoms with van der Waals surface area (Å²) in [5.41, 5.74) is 8.55. The summed E-state index contributed by atoms with van der Waals surface area (Å²) in [5.74, 6) is 0.778. The van der Waals surface area contributed by atoms with Crippen LogP contribution in [0.4, 0.5) is 0 Å². The molecule has 174 valence electrons. The van der Waals surface area contributed by atoms with Gasteiger partial charge in [-0.05, 0) is 43.5 Å². The number of methoxy groups -OCH3 is 1. The number of hydrogen-bond acceptors (Lipinski definition) is 4. The lowest BCUT2D eigenvalue weighted by atomic mass is 10.0.